The monoisotopic (exact) mass is 235 g/mol. The number of carbonyl (C=O) groups is 2. The molecule has 0 bridgehead atoms. The molecule has 2 aliphatic rings. The van der Waals surface area contributed by atoms with E-state index < -0.39 is 18.1 Å². The summed E-state index contributed by atoms with van der Waals surface area (Å²) in [4.78, 5) is 22.4. The summed E-state index contributed by atoms with van der Waals surface area (Å²) < 4.78 is 10.3. The third-order valence-corrected chi connectivity index (χ3v) is 2.90. The fourth-order valence-electron chi connectivity index (χ4n) is 2.11. The van der Waals surface area contributed by atoms with E-state index in [1.807, 2.05) is 0 Å². The number of fused-ring (bicyclic) bond motifs is 1. The number of rotatable bonds is 1. The van der Waals surface area contributed by atoms with Crippen molar-refractivity contribution >= 4 is 12.0 Å². The van der Waals surface area contributed by atoms with Gasteiger partial charge in [-0.3, -0.25) is 10.1 Å². The summed E-state index contributed by atoms with van der Waals surface area (Å²) >= 11 is 0. The highest BCUT2D eigenvalue weighted by Gasteiger charge is 2.43. The molecule has 1 fully saturated rings. The fourth-order valence-corrected chi connectivity index (χ4v) is 2.11. The van der Waals surface area contributed by atoms with Crippen LogP contribution in [0.1, 0.15) is 11.5 Å². The van der Waals surface area contributed by atoms with E-state index in [1.54, 1.807) is 6.07 Å². The number of imide groups is 1. The molecule has 2 atom stereocenters. The molecule has 1 unspecified atom stereocenters. The smallest absolute Gasteiger partial charge is 0.414 e. The Morgan fingerprint density at radius 3 is 2.88 bits per heavy atom. The molecule has 6 heteroatoms. The minimum Gasteiger partial charge on any atom is -0.508 e. The summed E-state index contributed by atoms with van der Waals surface area (Å²) in [6, 6.07) is 4.65. The normalized spacial score (nSPS) is 26.1. The van der Waals surface area contributed by atoms with Crippen LogP contribution in [-0.4, -0.2) is 29.8 Å². The molecule has 0 saturated carbocycles. The van der Waals surface area contributed by atoms with Crippen molar-refractivity contribution in [2.24, 2.45) is 0 Å². The number of hydrogen-bond donors (Lipinski definition) is 2. The lowest BCUT2D eigenvalue weighted by Gasteiger charge is -2.12. The Labute approximate surface area is 96.1 Å². The maximum atomic E-state index is 11.5. The van der Waals surface area contributed by atoms with Crippen molar-refractivity contribution in [3.63, 3.8) is 0 Å². The first kappa shape index (κ1) is 9.95. The molecule has 88 valence electrons. The summed E-state index contributed by atoms with van der Waals surface area (Å²) in [5, 5.41) is 11.4. The lowest BCUT2D eigenvalue weighted by molar-refractivity contribution is -0.124. The van der Waals surface area contributed by atoms with E-state index >= 15 is 0 Å². The second kappa shape index (κ2) is 3.38. The third-order valence-electron chi connectivity index (χ3n) is 2.90. The quantitative estimate of drug-likeness (QED) is 0.740. The number of phenolic OH excluding ortho intramolecular Hbond substituents is 1. The molecule has 1 aromatic rings. The highest BCUT2D eigenvalue weighted by atomic mass is 16.6. The lowest BCUT2D eigenvalue weighted by Crippen LogP contribution is -2.30. The van der Waals surface area contributed by atoms with E-state index in [9.17, 15) is 14.7 Å². The number of phenols is 1. The number of cyclic esters (lactones) is 1. The minimum absolute atomic E-state index is 0.0947. The van der Waals surface area contributed by atoms with Gasteiger partial charge in [-0.25, -0.2) is 4.79 Å². The number of carbonyl (C=O) groups excluding carboxylic acids is 2. The summed E-state index contributed by atoms with van der Waals surface area (Å²) in [5.74, 6) is -0.162. The maximum Gasteiger partial charge on any atom is 0.414 e. The van der Waals surface area contributed by atoms with Gasteiger partial charge in [0.2, 0.25) is 0 Å². The van der Waals surface area contributed by atoms with Crippen molar-refractivity contribution in [3.8, 4) is 11.5 Å². The number of aromatic hydroxyl groups is 1. The Morgan fingerprint density at radius 2 is 2.18 bits per heavy atom. The molecule has 17 heavy (non-hydrogen) atoms. The molecule has 0 radical (unpaired) electrons. The van der Waals surface area contributed by atoms with Crippen LogP contribution in [0.3, 0.4) is 0 Å². The second-order valence-electron chi connectivity index (χ2n) is 3.95. The highest BCUT2D eigenvalue weighted by Crippen LogP contribution is 2.39. The fraction of sp³-hybridized carbons (Fsp3) is 0.273. The van der Waals surface area contributed by atoms with Gasteiger partial charge < -0.3 is 14.6 Å². The van der Waals surface area contributed by atoms with E-state index in [0.717, 1.165) is 5.56 Å². The number of alkyl carbamates (subject to hydrolysis) is 1. The molecule has 0 aliphatic carbocycles. The molecule has 2 amide bonds. The van der Waals surface area contributed by atoms with E-state index in [2.05, 4.69) is 5.32 Å². The molecule has 1 aromatic carbocycles. The van der Waals surface area contributed by atoms with Crippen molar-refractivity contribution in [3.05, 3.63) is 23.8 Å². The average Bonchev–Trinajstić information content (AvgIpc) is 2.81. The van der Waals surface area contributed by atoms with Crippen LogP contribution in [0.2, 0.25) is 0 Å². The number of hydrogen-bond acceptors (Lipinski definition) is 5. The topological polar surface area (TPSA) is 84.9 Å². The van der Waals surface area contributed by atoms with Crippen LogP contribution in [0.15, 0.2) is 18.2 Å². The van der Waals surface area contributed by atoms with Crippen molar-refractivity contribution < 1.29 is 24.2 Å². The van der Waals surface area contributed by atoms with Gasteiger partial charge >= 0.3 is 6.09 Å². The Bertz CT molecular complexity index is 513. The summed E-state index contributed by atoms with van der Waals surface area (Å²) in [6.07, 6.45) is -1.58. The molecular formula is C11H9NO5. The Hall–Kier alpha value is -2.24. The van der Waals surface area contributed by atoms with Crippen molar-refractivity contribution in [1.29, 1.82) is 0 Å². The predicted molar refractivity (Wildman–Crippen MR) is 54.8 cm³/mol. The first-order valence-corrected chi connectivity index (χ1v) is 5.12. The molecule has 0 spiro atoms. The minimum atomic E-state index is -0.853. The standard InChI is InChI=1S/C11H9NO5/c13-5-1-2-6-7(4-16-8(6)3-5)9-10(14)12-11(15)17-9/h1-3,7,9,13H,4H2,(H,12,14,15)/t7-,9?/m1/s1. The third kappa shape index (κ3) is 1.49. The second-order valence-corrected chi connectivity index (χ2v) is 3.95. The van der Waals surface area contributed by atoms with Crippen molar-refractivity contribution in [2.45, 2.75) is 12.0 Å². The zero-order valence-electron chi connectivity index (χ0n) is 8.67. The van der Waals surface area contributed by atoms with Gasteiger partial charge in [0.05, 0.1) is 12.5 Å². The van der Waals surface area contributed by atoms with Gasteiger partial charge in [0.15, 0.2) is 6.10 Å². The van der Waals surface area contributed by atoms with Gasteiger partial charge in [-0.05, 0) is 6.07 Å². The zero-order chi connectivity index (χ0) is 12.0. The van der Waals surface area contributed by atoms with E-state index in [-0.39, 0.29) is 18.3 Å². The number of nitrogens with one attached hydrogen (secondary N) is 1. The van der Waals surface area contributed by atoms with E-state index in [4.69, 9.17) is 9.47 Å². The first-order valence-electron chi connectivity index (χ1n) is 5.12. The summed E-state index contributed by atoms with van der Waals surface area (Å²) in [7, 11) is 0. The first-order chi connectivity index (χ1) is 8.15. The molecule has 1 saturated heterocycles. The van der Waals surface area contributed by atoms with Gasteiger partial charge in [0, 0.05) is 11.6 Å². The molecule has 2 heterocycles. The number of amides is 2. The van der Waals surface area contributed by atoms with Crippen LogP contribution < -0.4 is 10.1 Å². The molecule has 6 nitrogen and oxygen atoms in total. The van der Waals surface area contributed by atoms with E-state index in [0.29, 0.717) is 5.75 Å². The van der Waals surface area contributed by atoms with Crippen LogP contribution in [-0.2, 0) is 9.53 Å². The summed E-state index contributed by atoms with van der Waals surface area (Å²) in [5.41, 5.74) is 0.762. The van der Waals surface area contributed by atoms with Crippen LogP contribution in [0.25, 0.3) is 0 Å². The molecule has 2 N–H and O–H groups in total. The predicted octanol–water partition coefficient (Wildman–Crippen LogP) is 0.503. The lowest BCUT2D eigenvalue weighted by atomic mass is 9.95. The van der Waals surface area contributed by atoms with Crippen molar-refractivity contribution in [2.75, 3.05) is 6.61 Å². The Balaban J connectivity index is 1.93. The van der Waals surface area contributed by atoms with Crippen LogP contribution in [0, 0.1) is 0 Å². The molecular weight excluding hydrogens is 226 g/mol. The van der Waals surface area contributed by atoms with Crippen LogP contribution >= 0.6 is 0 Å². The van der Waals surface area contributed by atoms with Gasteiger partial charge in [-0.2, -0.15) is 0 Å². The summed E-state index contributed by atoms with van der Waals surface area (Å²) in [6.45, 7) is 0.254. The Morgan fingerprint density at radius 1 is 1.35 bits per heavy atom. The maximum absolute atomic E-state index is 11.5. The van der Waals surface area contributed by atoms with Crippen LogP contribution in [0.4, 0.5) is 4.79 Å². The number of benzene rings is 1. The average molecular weight is 235 g/mol. The Kier molecular flexibility index (Phi) is 1.98. The van der Waals surface area contributed by atoms with Gasteiger partial charge in [-0.1, -0.05) is 6.07 Å². The van der Waals surface area contributed by atoms with Crippen molar-refractivity contribution in [1.82, 2.24) is 5.32 Å². The van der Waals surface area contributed by atoms with Gasteiger partial charge in [-0.15, -0.1) is 0 Å². The SMILES string of the molecule is O=C1NC(=O)C([C@@H]2COc3cc(O)ccc32)O1. The molecule has 3 rings (SSSR count). The van der Waals surface area contributed by atoms with Crippen LogP contribution in [0.5, 0.6) is 11.5 Å². The van der Waals surface area contributed by atoms with Gasteiger partial charge in [0.1, 0.15) is 11.5 Å². The van der Waals surface area contributed by atoms with Gasteiger partial charge in [0.25, 0.3) is 5.91 Å². The molecule has 0 aromatic heterocycles. The zero-order valence-corrected chi connectivity index (χ0v) is 8.67. The highest BCUT2D eigenvalue weighted by molar-refractivity contribution is 6.00. The molecule has 2 aliphatic heterocycles. The number of ether oxygens (including phenoxy) is 2. The largest absolute Gasteiger partial charge is 0.508 e. The van der Waals surface area contributed by atoms with E-state index in [1.165, 1.54) is 12.1 Å².